The molecule has 0 aliphatic heterocycles. The lowest BCUT2D eigenvalue weighted by Crippen LogP contribution is -2.36. The lowest BCUT2D eigenvalue weighted by atomic mass is 10.1. The summed E-state index contributed by atoms with van der Waals surface area (Å²) < 4.78 is 19.7. The predicted octanol–water partition coefficient (Wildman–Crippen LogP) is 3.54. The first-order valence-corrected chi connectivity index (χ1v) is 6.68. The summed E-state index contributed by atoms with van der Waals surface area (Å²) in [4.78, 5) is 0. The van der Waals surface area contributed by atoms with Crippen molar-refractivity contribution >= 4 is 0 Å². The van der Waals surface area contributed by atoms with E-state index in [4.69, 9.17) is 4.74 Å². The van der Waals surface area contributed by atoms with Crippen molar-refractivity contribution in [3.05, 3.63) is 29.6 Å². The van der Waals surface area contributed by atoms with E-state index in [9.17, 15) is 4.39 Å². The highest BCUT2D eigenvalue weighted by Gasteiger charge is 2.17. The molecule has 1 unspecified atom stereocenters. The van der Waals surface area contributed by atoms with E-state index in [0.29, 0.717) is 17.2 Å². The maximum atomic E-state index is 13.9. The van der Waals surface area contributed by atoms with Crippen LogP contribution in [0, 0.1) is 18.7 Å². The number of halogens is 1. The monoisotopic (exact) mass is 253 g/mol. The second kappa shape index (κ2) is 7.37. The fourth-order valence-electron chi connectivity index (χ4n) is 1.71. The van der Waals surface area contributed by atoms with Crippen molar-refractivity contribution in [2.75, 3.05) is 13.1 Å². The van der Waals surface area contributed by atoms with Crippen LogP contribution in [0.2, 0.25) is 0 Å². The van der Waals surface area contributed by atoms with Gasteiger partial charge in [-0.15, -0.1) is 0 Å². The van der Waals surface area contributed by atoms with Crippen LogP contribution in [-0.4, -0.2) is 19.2 Å². The van der Waals surface area contributed by atoms with E-state index >= 15 is 0 Å². The highest BCUT2D eigenvalue weighted by atomic mass is 19.1. The van der Waals surface area contributed by atoms with E-state index in [0.717, 1.165) is 19.5 Å². The van der Waals surface area contributed by atoms with E-state index in [1.165, 1.54) is 0 Å². The summed E-state index contributed by atoms with van der Waals surface area (Å²) in [5.74, 6) is 0.444. The molecular formula is C15H24FNO. The zero-order valence-electron chi connectivity index (χ0n) is 11.8. The Bertz CT molecular complexity index is 366. The van der Waals surface area contributed by atoms with Crippen molar-refractivity contribution in [1.82, 2.24) is 5.32 Å². The van der Waals surface area contributed by atoms with Gasteiger partial charge in [-0.25, -0.2) is 4.39 Å². The molecule has 1 aromatic carbocycles. The Labute approximate surface area is 110 Å². The van der Waals surface area contributed by atoms with Crippen LogP contribution in [0.3, 0.4) is 0 Å². The van der Waals surface area contributed by atoms with Crippen LogP contribution >= 0.6 is 0 Å². The zero-order valence-corrected chi connectivity index (χ0v) is 11.8. The summed E-state index contributed by atoms with van der Waals surface area (Å²) in [6, 6.07) is 5.27. The molecule has 1 N–H and O–H groups in total. The molecule has 0 aliphatic rings. The van der Waals surface area contributed by atoms with E-state index in [1.807, 2.05) is 6.07 Å². The first-order valence-electron chi connectivity index (χ1n) is 6.68. The molecule has 18 heavy (non-hydrogen) atoms. The number of rotatable bonds is 7. The highest BCUT2D eigenvalue weighted by molar-refractivity contribution is 5.30. The van der Waals surface area contributed by atoms with Gasteiger partial charge in [0.2, 0.25) is 0 Å². The lowest BCUT2D eigenvalue weighted by Gasteiger charge is -2.23. The number of nitrogens with one attached hydrogen (secondary N) is 1. The number of ether oxygens (including phenoxy) is 1. The molecule has 0 radical (unpaired) electrons. The summed E-state index contributed by atoms with van der Waals surface area (Å²) in [5.41, 5.74) is 0.622. The summed E-state index contributed by atoms with van der Waals surface area (Å²) >= 11 is 0. The summed E-state index contributed by atoms with van der Waals surface area (Å²) in [7, 11) is 0. The summed E-state index contributed by atoms with van der Waals surface area (Å²) in [6.45, 7) is 9.76. The van der Waals surface area contributed by atoms with Crippen molar-refractivity contribution in [2.45, 2.75) is 40.2 Å². The van der Waals surface area contributed by atoms with Gasteiger partial charge < -0.3 is 10.1 Å². The van der Waals surface area contributed by atoms with Crippen molar-refractivity contribution in [1.29, 1.82) is 0 Å². The van der Waals surface area contributed by atoms with Crippen LogP contribution in [0.25, 0.3) is 0 Å². The van der Waals surface area contributed by atoms with Gasteiger partial charge in [-0.1, -0.05) is 32.9 Å². The van der Waals surface area contributed by atoms with Crippen LogP contribution < -0.4 is 10.1 Å². The first-order chi connectivity index (χ1) is 8.56. The van der Waals surface area contributed by atoms with Crippen molar-refractivity contribution in [3.8, 4) is 5.75 Å². The minimum absolute atomic E-state index is 0.00662. The van der Waals surface area contributed by atoms with Crippen LogP contribution in [-0.2, 0) is 0 Å². The topological polar surface area (TPSA) is 21.3 Å². The molecule has 0 aliphatic carbocycles. The van der Waals surface area contributed by atoms with Gasteiger partial charge in [0, 0.05) is 6.54 Å². The second-order valence-electron chi connectivity index (χ2n) is 4.99. The Balaban J connectivity index is 2.68. The molecule has 0 bridgehead atoms. The van der Waals surface area contributed by atoms with Gasteiger partial charge >= 0.3 is 0 Å². The van der Waals surface area contributed by atoms with E-state index < -0.39 is 0 Å². The van der Waals surface area contributed by atoms with Gasteiger partial charge in [-0.3, -0.25) is 0 Å². The Morgan fingerprint density at radius 1 is 1.33 bits per heavy atom. The van der Waals surface area contributed by atoms with Crippen LogP contribution in [0.5, 0.6) is 5.75 Å². The Morgan fingerprint density at radius 2 is 2.06 bits per heavy atom. The molecule has 0 heterocycles. The number of hydrogen-bond donors (Lipinski definition) is 1. The fourth-order valence-corrected chi connectivity index (χ4v) is 1.71. The van der Waals surface area contributed by atoms with Crippen LogP contribution in [0.15, 0.2) is 18.2 Å². The molecule has 3 heteroatoms. The molecule has 0 amide bonds. The maximum Gasteiger partial charge on any atom is 0.167 e. The Morgan fingerprint density at radius 3 is 2.67 bits per heavy atom. The molecule has 2 nitrogen and oxygen atoms in total. The highest BCUT2D eigenvalue weighted by Crippen LogP contribution is 2.22. The first kappa shape index (κ1) is 15.0. The average molecular weight is 253 g/mol. The molecule has 0 saturated carbocycles. The molecule has 0 spiro atoms. The maximum absolute atomic E-state index is 13.9. The van der Waals surface area contributed by atoms with Gasteiger partial charge in [0.1, 0.15) is 6.10 Å². The third kappa shape index (κ3) is 4.30. The van der Waals surface area contributed by atoms with Crippen LogP contribution in [0.4, 0.5) is 4.39 Å². The quantitative estimate of drug-likeness (QED) is 0.750. The lowest BCUT2D eigenvalue weighted by molar-refractivity contribution is 0.143. The molecule has 1 rings (SSSR count). The minimum Gasteiger partial charge on any atom is -0.486 e. The van der Waals surface area contributed by atoms with Crippen molar-refractivity contribution < 1.29 is 9.13 Å². The fraction of sp³-hybridized carbons (Fsp3) is 0.600. The molecule has 1 atom stereocenters. The number of aryl methyl sites for hydroxylation is 1. The van der Waals surface area contributed by atoms with Crippen molar-refractivity contribution in [2.24, 2.45) is 5.92 Å². The van der Waals surface area contributed by atoms with E-state index in [-0.39, 0.29) is 11.9 Å². The van der Waals surface area contributed by atoms with Gasteiger partial charge in [-0.2, -0.15) is 0 Å². The Kier molecular flexibility index (Phi) is 6.13. The third-order valence-corrected chi connectivity index (χ3v) is 2.95. The molecule has 0 fully saturated rings. The SMILES string of the molecule is CCCNCC(Oc1cccc(C)c1F)C(C)C. The molecule has 1 aromatic rings. The van der Waals surface area contributed by atoms with Gasteiger partial charge in [-0.05, 0) is 37.4 Å². The Hall–Kier alpha value is -1.09. The van der Waals surface area contributed by atoms with Gasteiger partial charge in [0.05, 0.1) is 0 Å². The molecule has 102 valence electrons. The van der Waals surface area contributed by atoms with E-state index in [2.05, 4.69) is 26.1 Å². The predicted molar refractivity (Wildman–Crippen MR) is 73.6 cm³/mol. The van der Waals surface area contributed by atoms with Crippen molar-refractivity contribution in [3.63, 3.8) is 0 Å². The van der Waals surface area contributed by atoms with Gasteiger partial charge in [0.25, 0.3) is 0 Å². The summed E-state index contributed by atoms with van der Waals surface area (Å²) in [5, 5.41) is 3.32. The minimum atomic E-state index is -0.251. The molecular weight excluding hydrogens is 229 g/mol. The number of hydrogen-bond acceptors (Lipinski definition) is 2. The van der Waals surface area contributed by atoms with Gasteiger partial charge in [0.15, 0.2) is 11.6 Å². The normalized spacial score (nSPS) is 12.8. The van der Waals surface area contributed by atoms with E-state index in [1.54, 1.807) is 19.1 Å². The standard InChI is InChI=1S/C15H24FNO/c1-5-9-17-10-14(11(2)3)18-13-8-6-7-12(4)15(13)16/h6-8,11,14,17H,5,9-10H2,1-4H3. The average Bonchev–Trinajstić information content (AvgIpc) is 2.33. The van der Waals surface area contributed by atoms with Crippen LogP contribution in [0.1, 0.15) is 32.8 Å². The number of benzene rings is 1. The molecule has 0 saturated heterocycles. The zero-order chi connectivity index (χ0) is 13.5. The smallest absolute Gasteiger partial charge is 0.167 e. The largest absolute Gasteiger partial charge is 0.486 e. The third-order valence-electron chi connectivity index (χ3n) is 2.95. The second-order valence-corrected chi connectivity index (χ2v) is 4.99. The summed E-state index contributed by atoms with van der Waals surface area (Å²) in [6.07, 6.45) is 1.08. The molecule has 0 aromatic heterocycles.